The zero-order valence-corrected chi connectivity index (χ0v) is 13.5. The van der Waals surface area contributed by atoms with E-state index >= 15 is 0 Å². The van der Waals surface area contributed by atoms with Crippen LogP contribution in [-0.2, 0) is 4.79 Å². The Bertz CT molecular complexity index is 667. The highest BCUT2D eigenvalue weighted by molar-refractivity contribution is 5.91. The molecule has 126 valence electrons. The molecule has 0 unspecified atom stereocenters. The second-order valence-electron chi connectivity index (χ2n) is 6.15. The molecule has 2 N–H and O–H groups in total. The minimum absolute atomic E-state index is 0.0426. The van der Waals surface area contributed by atoms with Gasteiger partial charge in [-0.2, -0.15) is 0 Å². The van der Waals surface area contributed by atoms with Crippen molar-refractivity contribution in [1.29, 1.82) is 0 Å². The van der Waals surface area contributed by atoms with E-state index in [2.05, 4.69) is 34.9 Å². The van der Waals surface area contributed by atoms with Gasteiger partial charge in [-0.05, 0) is 42.4 Å². The number of hydrogen-bond donors (Lipinski definition) is 2. The molecule has 1 heterocycles. The predicted octanol–water partition coefficient (Wildman–Crippen LogP) is 2.71. The van der Waals surface area contributed by atoms with Crippen LogP contribution < -0.4 is 10.6 Å². The molecule has 1 aliphatic carbocycles. The Morgan fingerprint density at radius 3 is 2.67 bits per heavy atom. The van der Waals surface area contributed by atoms with Crippen molar-refractivity contribution in [3.8, 4) is 0 Å². The minimum atomic E-state index is -0.246. The molecule has 2 atom stereocenters. The van der Waals surface area contributed by atoms with E-state index in [9.17, 15) is 9.59 Å². The Labute approximate surface area is 141 Å². The van der Waals surface area contributed by atoms with E-state index in [1.807, 2.05) is 6.07 Å². The molecule has 1 aliphatic rings. The van der Waals surface area contributed by atoms with E-state index < -0.39 is 0 Å². The zero-order chi connectivity index (χ0) is 16.8. The summed E-state index contributed by atoms with van der Waals surface area (Å²) < 4.78 is 5.00. The number of rotatable bonds is 8. The number of benzene rings is 1. The third-order valence-corrected chi connectivity index (χ3v) is 4.32. The predicted molar refractivity (Wildman–Crippen MR) is 90.6 cm³/mol. The Morgan fingerprint density at radius 1 is 1.08 bits per heavy atom. The second-order valence-corrected chi connectivity index (χ2v) is 6.15. The van der Waals surface area contributed by atoms with Gasteiger partial charge in [-0.3, -0.25) is 9.59 Å². The van der Waals surface area contributed by atoms with Crippen LogP contribution in [0.25, 0.3) is 0 Å². The minimum Gasteiger partial charge on any atom is -0.459 e. The third-order valence-electron chi connectivity index (χ3n) is 4.32. The van der Waals surface area contributed by atoms with E-state index in [4.69, 9.17) is 4.42 Å². The van der Waals surface area contributed by atoms with Crippen molar-refractivity contribution >= 4 is 11.8 Å². The van der Waals surface area contributed by atoms with Gasteiger partial charge in [0.2, 0.25) is 5.91 Å². The summed E-state index contributed by atoms with van der Waals surface area (Å²) in [4.78, 5) is 23.5. The summed E-state index contributed by atoms with van der Waals surface area (Å²) in [5, 5.41) is 5.72. The normalized spacial score (nSPS) is 18.8. The van der Waals surface area contributed by atoms with Gasteiger partial charge in [0.25, 0.3) is 5.91 Å². The van der Waals surface area contributed by atoms with E-state index in [1.54, 1.807) is 12.1 Å². The first-order chi connectivity index (χ1) is 11.7. The summed E-state index contributed by atoms with van der Waals surface area (Å²) in [5.74, 6) is 1.22. The lowest BCUT2D eigenvalue weighted by atomic mass is 10.1. The van der Waals surface area contributed by atoms with Gasteiger partial charge in [-0.15, -0.1) is 0 Å². The standard InChI is InChI=1S/C19H22N2O3/c22-18(9-4-10-20-19(23)17-8-5-11-24-17)21-13-15-12-16(15)14-6-2-1-3-7-14/h1-3,5-8,11,15-16H,4,9-10,12-13H2,(H,20,23)(H,21,22)/t15-,16+/m1/s1. The van der Waals surface area contributed by atoms with E-state index in [0.29, 0.717) is 37.0 Å². The summed E-state index contributed by atoms with van der Waals surface area (Å²) >= 11 is 0. The van der Waals surface area contributed by atoms with Crippen LogP contribution in [0.15, 0.2) is 53.1 Å². The molecule has 1 saturated carbocycles. The van der Waals surface area contributed by atoms with E-state index in [1.165, 1.54) is 11.8 Å². The Balaban J connectivity index is 1.27. The number of nitrogens with one attached hydrogen (secondary N) is 2. The molecule has 3 rings (SSSR count). The number of carbonyl (C=O) groups is 2. The molecule has 0 spiro atoms. The van der Waals surface area contributed by atoms with Crippen molar-refractivity contribution < 1.29 is 14.0 Å². The molecule has 2 amide bonds. The largest absolute Gasteiger partial charge is 0.459 e. The van der Waals surface area contributed by atoms with Crippen molar-refractivity contribution in [2.24, 2.45) is 5.92 Å². The number of amides is 2. The Hall–Kier alpha value is -2.56. The van der Waals surface area contributed by atoms with Crippen molar-refractivity contribution in [3.63, 3.8) is 0 Å². The number of carbonyl (C=O) groups excluding carboxylic acids is 2. The third kappa shape index (κ3) is 4.47. The maximum absolute atomic E-state index is 11.8. The first-order valence-electron chi connectivity index (χ1n) is 8.37. The molecule has 5 heteroatoms. The molecule has 1 aromatic heterocycles. The monoisotopic (exact) mass is 326 g/mol. The molecule has 5 nitrogen and oxygen atoms in total. The molecular weight excluding hydrogens is 304 g/mol. The SMILES string of the molecule is O=C(CCCNC(=O)c1ccco1)NC[C@H]1C[C@H]1c1ccccc1. The maximum atomic E-state index is 11.8. The molecule has 0 bridgehead atoms. The van der Waals surface area contributed by atoms with Crippen LogP contribution >= 0.6 is 0 Å². The fourth-order valence-electron chi connectivity index (χ4n) is 2.86. The van der Waals surface area contributed by atoms with Crippen LogP contribution in [0.4, 0.5) is 0 Å². The summed E-state index contributed by atoms with van der Waals surface area (Å²) in [6.07, 6.45) is 3.64. The fraction of sp³-hybridized carbons (Fsp3) is 0.368. The maximum Gasteiger partial charge on any atom is 0.286 e. The lowest BCUT2D eigenvalue weighted by Crippen LogP contribution is -2.28. The van der Waals surface area contributed by atoms with Crippen molar-refractivity contribution in [3.05, 3.63) is 60.1 Å². The van der Waals surface area contributed by atoms with Crippen molar-refractivity contribution in [2.45, 2.75) is 25.2 Å². The molecule has 0 radical (unpaired) electrons. The molecule has 1 fully saturated rings. The summed E-state index contributed by atoms with van der Waals surface area (Å²) in [7, 11) is 0. The van der Waals surface area contributed by atoms with Crippen molar-refractivity contribution in [2.75, 3.05) is 13.1 Å². The summed E-state index contributed by atoms with van der Waals surface area (Å²) in [6, 6.07) is 13.7. The average molecular weight is 326 g/mol. The highest BCUT2D eigenvalue weighted by Crippen LogP contribution is 2.46. The smallest absolute Gasteiger partial charge is 0.286 e. The highest BCUT2D eigenvalue weighted by Gasteiger charge is 2.37. The van der Waals surface area contributed by atoms with Crippen LogP contribution in [-0.4, -0.2) is 24.9 Å². The molecule has 0 saturated heterocycles. The first kappa shape index (κ1) is 16.3. The van der Waals surface area contributed by atoms with Crippen LogP contribution in [0.2, 0.25) is 0 Å². The van der Waals surface area contributed by atoms with Gasteiger partial charge in [0.05, 0.1) is 6.26 Å². The lowest BCUT2D eigenvalue weighted by Gasteiger charge is -2.06. The molecule has 2 aromatic rings. The van der Waals surface area contributed by atoms with Crippen LogP contribution in [0, 0.1) is 5.92 Å². The van der Waals surface area contributed by atoms with E-state index in [0.717, 1.165) is 13.0 Å². The van der Waals surface area contributed by atoms with Gasteiger partial charge >= 0.3 is 0 Å². The topological polar surface area (TPSA) is 71.3 Å². The Morgan fingerprint density at radius 2 is 1.92 bits per heavy atom. The van der Waals surface area contributed by atoms with Gasteiger partial charge in [0.15, 0.2) is 5.76 Å². The quantitative estimate of drug-likeness (QED) is 0.733. The van der Waals surface area contributed by atoms with Gasteiger partial charge in [-0.25, -0.2) is 0 Å². The van der Waals surface area contributed by atoms with Gasteiger partial charge in [0, 0.05) is 19.5 Å². The second kappa shape index (κ2) is 7.81. The fourth-order valence-corrected chi connectivity index (χ4v) is 2.86. The highest BCUT2D eigenvalue weighted by atomic mass is 16.3. The van der Waals surface area contributed by atoms with Crippen molar-refractivity contribution in [1.82, 2.24) is 10.6 Å². The van der Waals surface area contributed by atoms with Crippen LogP contribution in [0.1, 0.15) is 41.3 Å². The van der Waals surface area contributed by atoms with Gasteiger partial charge in [-0.1, -0.05) is 30.3 Å². The molecule has 24 heavy (non-hydrogen) atoms. The Kier molecular flexibility index (Phi) is 5.31. The lowest BCUT2D eigenvalue weighted by molar-refractivity contribution is -0.121. The average Bonchev–Trinajstić information content (AvgIpc) is 3.18. The number of furan rings is 1. The van der Waals surface area contributed by atoms with Crippen LogP contribution in [0.3, 0.4) is 0 Å². The first-order valence-corrected chi connectivity index (χ1v) is 8.37. The van der Waals surface area contributed by atoms with Gasteiger partial charge in [0.1, 0.15) is 0 Å². The summed E-state index contributed by atoms with van der Waals surface area (Å²) in [6.45, 7) is 1.19. The van der Waals surface area contributed by atoms with Gasteiger partial charge < -0.3 is 15.1 Å². The van der Waals surface area contributed by atoms with Crippen LogP contribution in [0.5, 0.6) is 0 Å². The molecular formula is C19H22N2O3. The number of hydrogen-bond acceptors (Lipinski definition) is 3. The summed E-state index contributed by atoms with van der Waals surface area (Å²) in [5.41, 5.74) is 1.36. The zero-order valence-electron chi connectivity index (χ0n) is 13.5. The molecule has 0 aliphatic heterocycles. The van der Waals surface area contributed by atoms with E-state index in [-0.39, 0.29) is 11.8 Å². The molecule has 1 aromatic carbocycles.